The summed E-state index contributed by atoms with van der Waals surface area (Å²) >= 11 is 6.76. The van der Waals surface area contributed by atoms with Gasteiger partial charge in [-0.15, -0.1) is 0 Å². The van der Waals surface area contributed by atoms with E-state index in [1.54, 1.807) is 11.3 Å². The van der Waals surface area contributed by atoms with Gasteiger partial charge in [-0.1, -0.05) is 11.3 Å². The van der Waals surface area contributed by atoms with Crippen LogP contribution in [-0.2, 0) is 0 Å². The lowest BCUT2D eigenvalue weighted by molar-refractivity contribution is 0.341. The Balaban J connectivity index is 2.24. The summed E-state index contributed by atoms with van der Waals surface area (Å²) < 4.78 is 6.55. The van der Waals surface area contributed by atoms with E-state index in [0.717, 1.165) is 21.1 Å². The molecule has 0 bridgehead atoms. The third-order valence-corrected chi connectivity index (χ3v) is 3.69. The number of hydrogen-bond donors (Lipinski definition) is 1. The second-order valence-electron chi connectivity index (χ2n) is 3.91. The molecule has 1 N–H and O–H groups in total. The van der Waals surface area contributed by atoms with Crippen molar-refractivity contribution in [3.8, 4) is 5.75 Å². The van der Waals surface area contributed by atoms with Crippen LogP contribution in [0.2, 0.25) is 0 Å². The summed E-state index contributed by atoms with van der Waals surface area (Å²) in [5, 5.41) is 4.56. The summed E-state index contributed by atoms with van der Waals surface area (Å²) in [7, 11) is 3.80. The Morgan fingerprint density at radius 1 is 1.50 bits per heavy atom. The van der Waals surface area contributed by atoms with Crippen molar-refractivity contribution >= 4 is 44.0 Å². The highest BCUT2D eigenvalue weighted by atomic mass is 32.1. The zero-order chi connectivity index (χ0) is 13.1. The Morgan fingerprint density at radius 3 is 2.94 bits per heavy atom. The van der Waals surface area contributed by atoms with E-state index < -0.39 is 0 Å². The fourth-order valence-corrected chi connectivity index (χ4v) is 2.47. The molecule has 0 radical (unpaired) electrons. The fourth-order valence-electron chi connectivity index (χ4n) is 1.42. The SMILES string of the molecule is CCOc1ccc2nc(NC(=S)N(C)C)sc2c1. The molecule has 0 aliphatic heterocycles. The highest BCUT2D eigenvalue weighted by Gasteiger charge is 2.07. The number of anilines is 1. The Kier molecular flexibility index (Phi) is 3.98. The monoisotopic (exact) mass is 281 g/mol. The van der Waals surface area contributed by atoms with Crippen LogP contribution >= 0.6 is 23.6 Å². The minimum absolute atomic E-state index is 0.652. The second kappa shape index (κ2) is 5.49. The number of fused-ring (bicyclic) bond motifs is 1. The number of nitrogens with zero attached hydrogens (tertiary/aromatic N) is 2. The number of benzene rings is 1. The molecule has 1 aromatic carbocycles. The van der Waals surface area contributed by atoms with Gasteiger partial charge >= 0.3 is 0 Å². The van der Waals surface area contributed by atoms with Crippen molar-refractivity contribution in [3.05, 3.63) is 18.2 Å². The first-order valence-corrected chi connectivity index (χ1v) is 6.84. The first kappa shape index (κ1) is 13.0. The van der Waals surface area contributed by atoms with Crippen molar-refractivity contribution in [1.29, 1.82) is 0 Å². The lowest BCUT2D eigenvalue weighted by Gasteiger charge is -2.12. The molecule has 96 valence electrons. The maximum atomic E-state index is 5.47. The van der Waals surface area contributed by atoms with Crippen LogP contribution in [0.3, 0.4) is 0 Å². The number of ether oxygens (including phenoxy) is 1. The third-order valence-electron chi connectivity index (χ3n) is 2.29. The van der Waals surface area contributed by atoms with Crippen LogP contribution < -0.4 is 10.1 Å². The molecule has 4 nitrogen and oxygen atoms in total. The predicted octanol–water partition coefficient (Wildman–Crippen LogP) is 2.95. The molecule has 0 atom stereocenters. The summed E-state index contributed by atoms with van der Waals surface area (Å²) in [6.45, 7) is 2.64. The Morgan fingerprint density at radius 2 is 2.28 bits per heavy atom. The zero-order valence-corrected chi connectivity index (χ0v) is 12.2. The van der Waals surface area contributed by atoms with Crippen molar-refractivity contribution in [3.63, 3.8) is 0 Å². The fraction of sp³-hybridized carbons (Fsp3) is 0.333. The van der Waals surface area contributed by atoms with Crippen molar-refractivity contribution < 1.29 is 4.74 Å². The molecule has 18 heavy (non-hydrogen) atoms. The normalized spacial score (nSPS) is 10.4. The van der Waals surface area contributed by atoms with E-state index in [1.165, 1.54) is 0 Å². The van der Waals surface area contributed by atoms with Gasteiger partial charge in [0.1, 0.15) is 5.75 Å². The van der Waals surface area contributed by atoms with Crippen molar-refractivity contribution in [2.45, 2.75) is 6.92 Å². The lowest BCUT2D eigenvalue weighted by atomic mass is 10.3. The first-order valence-electron chi connectivity index (χ1n) is 5.62. The molecule has 2 rings (SSSR count). The topological polar surface area (TPSA) is 37.4 Å². The number of thiocarbonyl (C=S) groups is 1. The van der Waals surface area contributed by atoms with Crippen LogP contribution in [0, 0.1) is 0 Å². The zero-order valence-electron chi connectivity index (χ0n) is 10.6. The molecule has 0 saturated heterocycles. The van der Waals surface area contributed by atoms with E-state index in [-0.39, 0.29) is 0 Å². The number of thiazole rings is 1. The summed E-state index contributed by atoms with van der Waals surface area (Å²) in [6.07, 6.45) is 0. The van der Waals surface area contributed by atoms with Crippen LogP contribution in [0.5, 0.6) is 5.75 Å². The number of aromatic nitrogens is 1. The highest BCUT2D eigenvalue weighted by Crippen LogP contribution is 2.29. The van der Waals surface area contributed by atoms with Crippen LogP contribution in [0.25, 0.3) is 10.2 Å². The van der Waals surface area contributed by atoms with Gasteiger partial charge in [-0.25, -0.2) is 4.98 Å². The van der Waals surface area contributed by atoms with Crippen LogP contribution in [0.4, 0.5) is 5.13 Å². The predicted molar refractivity (Wildman–Crippen MR) is 80.7 cm³/mol. The molecule has 0 fully saturated rings. The molecular weight excluding hydrogens is 266 g/mol. The maximum absolute atomic E-state index is 5.47. The van der Waals surface area contributed by atoms with Gasteiger partial charge in [-0.3, -0.25) is 0 Å². The summed E-state index contributed by atoms with van der Waals surface area (Å²) in [5.41, 5.74) is 0.951. The largest absolute Gasteiger partial charge is 0.494 e. The molecule has 1 heterocycles. The summed E-state index contributed by atoms with van der Waals surface area (Å²) in [6, 6.07) is 5.89. The Hall–Kier alpha value is -1.40. The van der Waals surface area contributed by atoms with Gasteiger partial charge < -0.3 is 15.0 Å². The number of nitrogens with one attached hydrogen (secondary N) is 1. The number of rotatable bonds is 3. The summed E-state index contributed by atoms with van der Waals surface area (Å²) in [5.74, 6) is 0.871. The molecular formula is C12H15N3OS2. The van der Waals surface area contributed by atoms with Crippen molar-refractivity contribution in [2.24, 2.45) is 0 Å². The minimum Gasteiger partial charge on any atom is -0.494 e. The van der Waals surface area contributed by atoms with Gasteiger partial charge in [0.25, 0.3) is 0 Å². The van der Waals surface area contributed by atoms with E-state index in [0.29, 0.717) is 11.7 Å². The molecule has 0 aliphatic rings. The quantitative estimate of drug-likeness (QED) is 0.876. The van der Waals surface area contributed by atoms with Gasteiger partial charge in [0, 0.05) is 14.1 Å². The van der Waals surface area contributed by atoms with Crippen LogP contribution in [-0.4, -0.2) is 35.7 Å². The van der Waals surface area contributed by atoms with Crippen molar-refractivity contribution in [1.82, 2.24) is 9.88 Å². The average molecular weight is 281 g/mol. The smallest absolute Gasteiger partial charge is 0.190 e. The molecule has 2 aromatic rings. The average Bonchev–Trinajstić information content (AvgIpc) is 2.70. The van der Waals surface area contributed by atoms with Crippen LogP contribution in [0.1, 0.15) is 6.92 Å². The summed E-state index contributed by atoms with van der Waals surface area (Å²) in [4.78, 5) is 6.31. The Bertz CT molecular complexity index is 565. The molecule has 0 unspecified atom stereocenters. The molecule has 0 saturated carbocycles. The molecule has 0 aliphatic carbocycles. The van der Waals surface area contributed by atoms with Gasteiger partial charge in [0.05, 0.1) is 16.8 Å². The molecule has 0 amide bonds. The minimum atomic E-state index is 0.652. The van der Waals surface area contributed by atoms with Crippen molar-refractivity contribution in [2.75, 3.05) is 26.0 Å². The van der Waals surface area contributed by atoms with E-state index in [1.807, 2.05) is 44.1 Å². The molecule has 1 aromatic heterocycles. The van der Waals surface area contributed by atoms with E-state index in [9.17, 15) is 0 Å². The van der Waals surface area contributed by atoms with Gasteiger partial charge in [0.2, 0.25) is 0 Å². The lowest BCUT2D eigenvalue weighted by Crippen LogP contribution is -2.26. The maximum Gasteiger partial charge on any atom is 0.190 e. The van der Waals surface area contributed by atoms with Gasteiger partial charge in [-0.05, 0) is 37.3 Å². The van der Waals surface area contributed by atoms with Gasteiger partial charge in [-0.2, -0.15) is 0 Å². The van der Waals surface area contributed by atoms with E-state index >= 15 is 0 Å². The molecule has 0 spiro atoms. The highest BCUT2D eigenvalue weighted by molar-refractivity contribution is 7.80. The second-order valence-corrected chi connectivity index (χ2v) is 5.32. The molecule has 6 heteroatoms. The number of hydrogen-bond acceptors (Lipinski definition) is 4. The third kappa shape index (κ3) is 2.88. The van der Waals surface area contributed by atoms with Crippen LogP contribution in [0.15, 0.2) is 18.2 Å². The van der Waals surface area contributed by atoms with E-state index in [2.05, 4.69) is 10.3 Å². The van der Waals surface area contributed by atoms with E-state index in [4.69, 9.17) is 17.0 Å². The standard InChI is InChI=1S/C12H15N3OS2/c1-4-16-8-5-6-9-10(7-8)18-11(13-9)14-12(17)15(2)3/h5-7H,4H2,1-3H3,(H,13,14,17). The first-order chi connectivity index (χ1) is 8.60. The van der Waals surface area contributed by atoms with Gasteiger partial charge in [0.15, 0.2) is 10.2 Å². The Labute approximate surface area is 116 Å².